The highest BCUT2D eigenvalue weighted by Crippen LogP contribution is 2.24. The maximum absolute atomic E-state index is 13.0. The van der Waals surface area contributed by atoms with Crippen molar-refractivity contribution in [3.05, 3.63) is 58.4 Å². The van der Waals surface area contributed by atoms with Gasteiger partial charge in [0.2, 0.25) is 11.8 Å². The van der Waals surface area contributed by atoms with Crippen molar-refractivity contribution in [2.24, 2.45) is 4.99 Å². The van der Waals surface area contributed by atoms with Crippen LogP contribution in [0.2, 0.25) is 0 Å². The molecule has 3 amide bonds. The Morgan fingerprint density at radius 3 is 2.61 bits per heavy atom. The summed E-state index contributed by atoms with van der Waals surface area (Å²) in [7, 11) is 0. The fourth-order valence-corrected chi connectivity index (χ4v) is 4.83. The molecule has 3 aromatic rings. The van der Waals surface area contributed by atoms with Gasteiger partial charge in [-0.3, -0.25) is 19.3 Å². The third kappa shape index (κ3) is 4.22. The number of amides is 3. The molecule has 1 aromatic heterocycles. The Hall–Kier alpha value is -3.10. The van der Waals surface area contributed by atoms with Crippen LogP contribution < -0.4 is 9.70 Å². The quantitative estimate of drug-likeness (QED) is 0.437. The molecular weight excluding hydrogens is 414 g/mol. The van der Waals surface area contributed by atoms with Gasteiger partial charge in [-0.2, -0.15) is 4.99 Å². The van der Waals surface area contributed by atoms with E-state index in [4.69, 9.17) is 4.74 Å². The van der Waals surface area contributed by atoms with Gasteiger partial charge < -0.3 is 9.30 Å². The first kappa shape index (κ1) is 21.1. The third-order valence-electron chi connectivity index (χ3n) is 5.17. The summed E-state index contributed by atoms with van der Waals surface area (Å²) in [5.41, 5.74) is 2.88. The number of imide groups is 1. The molecule has 1 saturated heterocycles. The van der Waals surface area contributed by atoms with Crippen LogP contribution in [0.4, 0.5) is 5.69 Å². The van der Waals surface area contributed by atoms with Crippen LogP contribution in [0.5, 0.6) is 0 Å². The number of aromatic nitrogens is 1. The van der Waals surface area contributed by atoms with E-state index in [1.807, 2.05) is 36.6 Å². The highest BCUT2D eigenvalue weighted by Gasteiger charge is 2.30. The lowest BCUT2D eigenvalue weighted by molar-refractivity contribution is -0.121. The van der Waals surface area contributed by atoms with Crippen LogP contribution in [0.15, 0.2) is 47.5 Å². The molecule has 2 heterocycles. The van der Waals surface area contributed by atoms with Gasteiger partial charge in [-0.1, -0.05) is 29.5 Å². The molecule has 1 aliphatic heterocycles. The number of rotatable bonds is 6. The van der Waals surface area contributed by atoms with Crippen molar-refractivity contribution in [1.82, 2.24) is 4.57 Å². The number of anilines is 1. The van der Waals surface area contributed by atoms with Crippen molar-refractivity contribution >= 4 is 45.0 Å². The lowest BCUT2D eigenvalue weighted by atomic mass is 10.2. The van der Waals surface area contributed by atoms with Crippen molar-refractivity contribution in [1.29, 1.82) is 0 Å². The summed E-state index contributed by atoms with van der Waals surface area (Å²) in [5.74, 6) is -0.920. The molecule has 0 saturated carbocycles. The molecule has 31 heavy (non-hydrogen) atoms. The average molecular weight is 438 g/mol. The van der Waals surface area contributed by atoms with E-state index in [-0.39, 0.29) is 24.7 Å². The summed E-state index contributed by atoms with van der Waals surface area (Å²) in [6.07, 6.45) is 0.394. The van der Waals surface area contributed by atoms with E-state index < -0.39 is 5.91 Å². The Balaban J connectivity index is 1.73. The normalized spacial score (nSPS) is 14.8. The van der Waals surface area contributed by atoms with Gasteiger partial charge in [0.25, 0.3) is 5.91 Å². The van der Waals surface area contributed by atoms with Crippen molar-refractivity contribution < 1.29 is 19.1 Å². The Kier molecular flexibility index (Phi) is 6.11. The van der Waals surface area contributed by atoms with Crippen LogP contribution in [0.25, 0.3) is 10.2 Å². The Bertz CT molecular complexity index is 1230. The minimum atomic E-state index is -0.421. The van der Waals surface area contributed by atoms with Crippen LogP contribution in [-0.4, -0.2) is 35.5 Å². The summed E-state index contributed by atoms with van der Waals surface area (Å²) >= 11 is 1.45. The Labute approximate surface area is 183 Å². The SMILES string of the molecule is CCOCCn1c(=NC(=O)c2cccc(N3C(=O)CCC3=O)c2)sc2cccc(C)c21. The molecule has 8 heteroatoms. The van der Waals surface area contributed by atoms with E-state index in [9.17, 15) is 14.4 Å². The van der Waals surface area contributed by atoms with Crippen LogP contribution in [0, 0.1) is 6.92 Å². The molecule has 0 radical (unpaired) electrons. The zero-order valence-electron chi connectivity index (χ0n) is 17.5. The first-order valence-electron chi connectivity index (χ1n) is 10.2. The van der Waals surface area contributed by atoms with Crippen LogP contribution in [0.1, 0.15) is 35.7 Å². The number of thiazole rings is 1. The van der Waals surface area contributed by atoms with Gasteiger partial charge >= 0.3 is 0 Å². The van der Waals surface area contributed by atoms with E-state index in [1.54, 1.807) is 24.3 Å². The third-order valence-corrected chi connectivity index (χ3v) is 6.21. The molecule has 1 aliphatic rings. The van der Waals surface area contributed by atoms with Crippen LogP contribution in [0.3, 0.4) is 0 Å². The molecule has 7 nitrogen and oxygen atoms in total. The topological polar surface area (TPSA) is 81.0 Å². The minimum absolute atomic E-state index is 0.197. The first-order valence-corrected chi connectivity index (χ1v) is 11.0. The average Bonchev–Trinajstić information content (AvgIpc) is 3.28. The van der Waals surface area contributed by atoms with Crippen molar-refractivity contribution in [2.45, 2.75) is 33.2 Å². The number of benzene rings is 2. The fraction of sp³-hybridized carbons (Fsp3) is 0.304. The molecule has 0 unspecified atom stereocenters. The van der Waals surface area contributed by atoms with E-state index in [0.717, 1.165) is 20.7 Å². The molecule has 160 valence electrons. The second kappa shape index (κ2) is 8.95. The minimum Gasteiger partial charge on any atom is -0.380 e. The molecule has 2 aromatic carbocycles. The maximum atomic E-state index is 13.0. The molecule has 0 spiro atoms. The Morgan fingerprint density at radius 1 is 1.13 bits per heavy atom. The second-order valence-electron chi connectivity index (χ2n) is 7.25. The predicted molar refractivity (Wildman–Crippen MR) is 119 cm³/mol. The van der Waals surface area contributed by atoms with Gasteiger partial charge in [-0.15, -0.1) is 0 Å². The summed E-state index contributed by atoms with van der Waals surface area (Å²) in [4.78, 5) is 43.2. The number of hydrogen-bond donors (Lipinski definition) is 0. The summed E-state index contributed by atoms with van der Waals surface area (Å²) in [5, 5.41) is 0. The summed E-state index contributed by atoms with van der Waals surface area (Å²) in [6, 6.07) is 12.5. The number of nitrogens with zero attached hydrogens (tertiary/aromatic N) is 3. The largest absolute Gasteiger partial charge is 0.380 e. The second-order valence-corrected chi connectivity index (χ2v) is 8.25. The summed E-state index contributed by atoms with van der Waals surface area (Å²) in [6.45, 7) is 5.70. The van der Waals surface area contributed by atoms with Crippen molar-refractivity contribution in [2.75, 3.05) is 18.1 Å². The van der Waals surface area contributed by atoms with E-state index in [0.29, 0.717) is 35.8 Å². The number of ether oxygens (including phenoxy) is 1. The van der Waals surface area contributed by atoms with Crippen molar-refractivity contribution in [3.8, 4) is 0 Å². The van der Waals surface area contributed by atoms with Gasteiger partial charge in [-0.25, -0.2) is 0 Å². The molecule has 0 aliphatic carbocycles. The van der Waals surface area contributed by atoms with E-state index in [2.05, 4.69) is 4.99 Å². The molecular formula is C23H23N3O4S. The predicted octanol–water partition coefficient (Wildman–Crippen LogP) is 3.44. The van der Waals surface area contributed by atoms with Gasteiger partial charge in [0.05, 0.1) is 22.5 Å². The highest BCUT2D eigenvalue weighted by molar-refractivity contribution is 7.16. The molecule has 0 atom stereocenters. The van der Waals surface area contributed by atoms with Gasteiger partial charge in [0, 0.05) is 31.6 Å². The van der Waals surface area contributed by atoms with E-state index >= 15 is 0 Å². The van der Waals surface area contributed by atoms with Gasteiger partial charge in [0.15, 0.2) is 4.80 Å². The van der Waals surface area contributed by atoms with Gasteiger partial charge in [0.1, 0.15) is 0 Å². The summed E-state index contributed by atoms with van der Waals surface area (Å²) < 4.78 is 8.58. The molecule has 0 N–H and O–H groups in total. The number of carbonyl (C=O) groups excluding carboxylic acids is 3. The number of carbonyl (C=O) groups is 3. The number of fused-ring (bicyclic) bond motifs is 1. The maximum Gasteiger partial charge on any atom is 0.279 e. The first-order chi connectivity index (χ1) is 15.0. The zero-order valence-corrected chi connectivity index (χ0v) is 18.3. The standard InChI is InChI=1S/C23H23N3O4S/c1-3-30-13-12-25-21-15(2)6-4-9-18(21)31-23(25)24-22(29)16-7-5-8-17(14-16)26-19(27)10-11-20(26)28/h4-9,14H,3,10-13H2,1-2H3. The zero-order chi connectivity index (χ0) is 22.0. The smallest absolute Gasteiger partial charge is 0.279 e. The highest BCUT2D eigenvalue weighted by atomic mass is 32.1. The van der Waals surface area contributed by atoms with Crippen LogP contribution >= 0.6 is 11.3 Å². The number of aryl methyl sites for hydroxylation is 1. The lowest BCUT2D eigenvalue weighted by Crippen LogP contribution is -2.28. The number of para-hydroxylation sites is 1. The lowest BCUT2D eigenvalue weighted by Gasteiger charge is -2.14. The van der Waals surface area contributed by atoms with Crippen molar-refractivity contribution in [3.63, 3.8) is 0 Å². The molecule has 0 bridgehead atoms. The Morgan fingerprint density at radius 2 is 1.87 bits per heavy atom. The monoisotopic (exact) mass is 437 g/mol. The number of hydrogen-bond acceptors (Lipinski definition) is 5. The van der Waals surface area contributed by atoms with Crippen LogP contribution in [-0.2, 0) is 20.9 Å². The molecule has 4 rings (SSSR count). The van der Waals surface area contributed by atoms with E-state index in [1.165, 1.54) is 11.3 Å². The fourth-order valence-electron chi connectivity index (χ4n) is 3.69. The molecule has 1 fully saturated rings. The van der Waals surface area contributed by atoms with Gasteiger partial charge in [-0.05, 0) is 43.7 Å².